The summed E-state index contributed by atoms with van der Waals surface area (Å²) in [5, 5.41) is 7.86. The van der Waals surface area contributed by atoms with Crippen molar-refractivity contribution in [3.05, 3.63) is 89.7 Å². The molecular weight excluding hydrogens is 509 g/mol. The van der Waals surface area contributed by atoms with Crippen molar-refractivity contribution in [3.8, 4) is 0 Å². The summed E-state index contributed by atoms with van der Waals surface area (Å²) >= 11 is 0. The first-order chi connectivity index (χ1) is 15.2. The average Bonchev–Trinajstić information content (AvgIpc) is 3.46. The van der Waals surface area contributed by atoms with Gasteiger partial charge in [-0.1, -0.05) is 60.7 Å². The average molecular weight is 543 g/mol. The number of nitrogens with one attached hydrogen (secondary N) is 1. The van der Waals surface area contributed by atoms with Crippen LogP contribution in [0.1, 0.15) is 48.3 Å². The second-order valence-corrected chi connectivity index (χ2v) is 8.28. The predicted molar refractivity (Wildman–Crippen MR) is 143 cm³/mol. The van der Waals surface area contributed by atoms with Crippen molar-refractivity contribution in [2.75, 3.05) is 26.2 Å². The number of hydrogen-bond donors (Lipinski definition) is 1. The Morgan fingerprint density at radius 2 is 1.75 bits per heavy atom. The summed E-state index contributed by atoms with van der Waals surface area (Å²) in [6.45, 7) is 5.85. The van der Waals surface area contributed by atoms with Crippen LogP contribution in [0.5, 0.6) is 0 Å². The van der Waals surface area contributed by atoms with Crippen molar-refractivity contribution < 1.29 is 0 Å². The molecule has 32 heavy (non-hydrogen) atoms. The molecule has 0 amide bonds. The van der Waals surface area contributed by atoms with Gasteiger partial charge in [-0.2, -0.15) is 5.10 Å². The molecule has 5 nitrogen and oxygen atoms in total. The number of likely N-dealkylation sites (tertiary alicyclic amines) is 1. The third-order valence-corrected chi connectivity index (χ3v) is 6.10. The number of aliphatic imine (C=N–C) groups is 1. The van der Waals surface area contributed by atoms with Gasteiger partial charge >= 0.3 is 0 Å². The summed E-state index contributed by atoms with van der Waals surface area (Å²) in [6.07, 6.45) is 6.28. The quantitative estimate of drug-likeness (QED) is 0.259. The SMILES string of the molecule is CCNC(=NCCC(c1ccccc1)c1ccccc1)N1CCC(c2cnn(C)c2)C1.I. The normalized spacial score (nSPS) is 16.3. The van der Waals surface area contributed by atoms with E-state index in [0.29, 0.717) is 11.8 Å². The fourth-order valence-electron chi connectivity index (χ4n) is 4.50. The van der Waals surface area contributed by atoms with Gasteiger partial charge in [0.05, 0.1) is 6.20 Å². The van der Waals surface area contributed by atoms with Crippen LogP contribution in [-0.4, -0.2) is 46.8 Å². The molecule has 6 heteroatoms. The van der Waals surface area contributed by atoms with Crippen LogP contribution < -0.4 is 5.32 Å². The Bertz CT molecular complexity index is 931. The lowest BCUT2D eigenvalue weighted by Crippen LogP contribution is -2.40. The van der Waals surface area contributed by atoms with E-state index in [2.05, 4.69) is 89.1 Å². The summed E-state index contributed by atoms with van der Waals surface area (Å²) in [5.41, 5.74) is 4.03. The standard InChI is InChI=1S/C26H33N5.HI/c1-3-27-26(31-17-15-23(20-31)24-18-29-30(2)19-24)28-16-14-25(21-10-6-4-7-11-21)22-12-8-5-9-13-22;/h4-13,18-19,23,25H,3,14-17,20H2,1-2H3,(H,27,28);1H. The molecule has 0 spiro atoms. The number of hydrogen-bond acceptors (Lipinski definition) is 2. The third-order valence-electron chi connectivity index (χ3n) is 6.10. The fourth-order valence-corrected chi connectivity index (χ4v) is 4.50. The van der Waals surface area contributed by atoms with Crippen LogP contribution in [0, 0.1) is 0 Å². The second-order valence-electron chi connectivity index (χ2n) is 8.28. The van der Waals surface area contributed by atoms with E-state index < -0.39 is 0 Å². The van der Waals surface area contributed by atoms with Crippen LogP contribution in [0.25, 0.3) is 0 Å². The number of benzene rings is 2. The molecule has 1 aliphatic heterocycles. The van der Waals surface area contributed by atoms with Gasteiger partial charge in [0.2, 0.25) is 0 Å². The summed E-state index contributed by atoms with van der Waals surface area (Å²) in [5.74, 6) is 1.92. The van der Waals surface area contributed by atoms with E-state index in [0.717, 1.165) is 45.0 Å². The largest absolute Gasteiger partial charge is 0.357 e. The zero-order chi connectivity index (χ0) is 21.5. The van der Waals surface area contributed by atoms with E-state index >= 15 is 0 Å². The zero-order valence-corrected chi connectivity index (χ0v) is 21.4. The van der Waals surface area contributed by atoms with Gasteiger partial charge in [0, 0.05) is 51.3 Å². The summed E-state index contributed by atoms with van der Waals surface area (Å²) < 4.78 is 1.89. The van der Waals surface area contributed by atoms with Gasteiger partial charge in [-0.25, -0.2) is 0 Å². The Morgan fingerprint density at radius 1 is 1.09 bits per heavy atom. The lowest BCUT2D eigenvalue weighted by molar-refractivity contribution is 0.485. The highest BCUT2D eigenvalue weighted by Gasteiger charge is 2.27. The summed E-state index contributed by atoms with van der Waals surface area (Å²) in [7, 11) is 1.98. The maximum absolute atomic E-state index is 5.03. The molecule has 1 aromatic heterocycles. The Kier molecular flexibility index (Phi) is 9.14. The number of halogens is 1. The smallest absolute Gasteiger partial charge is 0.193 e. The van der Waals surface area contributed by atoms with Crippen molar-refractivity contribution in [1.29, 1.82) is 0 Å². The van der Waals surface area contributed by atoms with Crippen LogP contribution >= 0.6 is 24.0 Å². The van der Waals surface area contributed by atoms with Crippen molar-refractivity contribution in [2.24, 2.45) is 12.0 Å². The minimum Gasteiger partial charge on any atom is -0.357 e. The molecule has 1 atom stereocenters. The molecule has 4 rings (SSSR count). The van der Waals surface area contributed by atoms with E-state index in [-0.39, 0.29) is 24.0 Å². The molecular formula is C26H34IN5. The van der Waals surface area contributed by atoms with Crippen LogP contribution in [0.3, 0.4) is 0 Å². The molecule has 0 bridgehead atoms. The van der Waals surface area contributed by atoms with Crippen LogP contribution in [0.15, 0.2) is 78.0 Å². The molecule has 0 aliphatic carbocycles. The van der Waals surface area contributed by atoms with Crippen molar-refractivity contribution in [1.82, 2.24) is 20.0 Å². The monoisotopic (exact) mass is 543 g/mol. The third kappa shape index (κ3) is 6.12. The van der Waals surface area contributed by atoms with Gasteiger partial charge in [-0.3, -0.25) is 9.67 Å². The first-order valence-corrected chi connectivity index (χ1v) is 11.4. The first-order valence-electron chi connectivity index (χ1n) is 11.4. The molecule has 2 heterocycles. The lowest BCUT2D eigenvalue weighted by Gasteiger charge is -2.22. The molecule has 1 saturated heterocycles. The van der Waals surface area contributed by atoms with E-state index in [1.54, 1.807) is 0 Å². The Labute approximate surface area is 209 Å². The molecule has 1 N–H and O–H groups in total. The van der Waals surface area contributed by atoms with Gasteiger partial charge in [-0.15, -0.1) is 24.0 Å². The maximum Gasteiger partial charge on any atom is 0.193 e. The topological polar surface area (TPSA) is 45.5 Å². The van der Waals surface area contributed by atoms with E-state index in [9.17, 15) is 0 Å². The molecule has 0 saturated carbocycles. The number of guanidine groups is 1. The number of aryl methyl sites for hydroxylation is 1. The summed E-state index contributed by atoms with van der Waals surface area (Å²) in [4.78, 5) is 7.43. The first kappa shape index (κ1) is 24.3. The second kappa shape index (κ2) is 12.0. The molecule has 1 fully saturated rings. The van der Waals surface area contributed by atoms with Crippen molar-refractivity contribution >= 4 is 29.9 Å². The predicted octanol–water partition coefficient (Wildman–Crippen LogP) is 5.02. The minimum atomic E-state index is 0. The number of nitrogens with zero attached hydrogens (tertiary/aromatic N) is 4. The highest BCUT2D eigenvalue weighted by atomic mass is 127. The number of rotatable bonds is 7. The summed E-state index contributed by atoms with van der Waals surface area (Å²) in [6, 6.07) is 21.6. The Morgan fingerprint density at radius 3 is 2.31 bits per heavy atom. The van der Waals surface area contributed by atoms with Gasteiger partial charge < -0.3 is 10.2 Å². The maximum atomic E-state index is 5.03. The van der Waals surface area contributed by atoms with Crippen molar-refractivity contribution in [2.45, 2.75) is 31.6 Å². The van der Waals surface area contributed by atoms with Crippen LogP contribution in [0.4, 0.5) is 0 Å². The molecule has 1 unspecified atom stereocenters. The molecule has 0 radical (unpaired) electrons. The number of aromatic nitrogens is 2. The molecule has 3 aromatic rings. The molecule has 170 valence electrons. The van der Waals surface area contributed by atoms with Gasteiger partial charge in [0.15, 0.2) is 5.96 Å². The fraction of sp³-hybridized carbons (Fsp3) is 0.385. The highest BCUT2D eigenvalue weighted by molar-refractivity contribution is 14.0. The van der Waals surface area contributed by atoms with E-state index in [1.165, 1.54) is 16.7 Å². The molecule has 2 aromatic carbocycles. The minimum absolute atomic E-state index is 0. The van der Waals surface area contributed by atoms with Crippen molar-refractivity contribution in [3.63, 3.8) is 0 Å². The van der Waals surface area contributed by atoms with Gasteiger partial charge in [0.1, 0.15) is 0 Å². The van der Waals surface area contributed by atoms with Crippen LogP contribution in [0.2, 0.25) is 0 Å². The Hall–Kier alpha value is -2.35. The highest BCUT2D eigenvalue weighted by Crippen LogP contribution is 2.29. The van der Waals surface area contributed by atoms with E-state index in [4.69, 9.17) is 4.99 Å². The lowest BCUT2D eigenvalue weighted by atomic mass is 9.89. The Balaban J connectivity index is 0.00000289. The molecule has 1 aliphatic rings. The van der Waals surface area contributed by atoms with Gasteiger partial charge in [-0.05, 0) is 36.5 Å². The van der Waals surface area contributed by atoms with Crippen LogP contribution in [-0.2, 0) is 7.05 Å². The van der Waals surface area contributed by atoms with Gasteiger partial charge in [0.25, 0.3) is 0 Å². The van der Waals surface area contributed by atoms with E-state index in [1.807, 2.05) is 17.9 Å². The zero-order valence-electron chi connectivity index (χ0n) is 19.0.